The first kappa shape index (κ1) is 21.7. The Kier molecular flexibility index (Phi) is 6.65. The molecule has 0 saturated heterocycles. The van der Waals surface area contributed by atoms with E-state index < -0.39 is 15.5 Å². The second kappa shape index (κ2) is 8.59. The van der Waals surface area contributed by atoms with Crippen molar-refractivity contribution < 1.29 is 21.6 Å². The van der Waals surface area contributed by atoms with Crippen LogP contribution in [-0.2, 0) is 10.0 Å². The van der Waals surface area contributed by atoms with Gasteiger partial charge in [0.25, 0.3) is 0 Å². The van der Waals surface area contributed by atoms with Crippen molar-refractivity contribution in [3.63, 3.8) is 0 Å². The highest BCUT2D eigenvalue weighted by Crippen LogP contribution is 2.28. The summed E-state index contributed by atoms with van der Waals surface area (Å²) in [4.78, 5) is 0. The second-order valence-electron chi connectivity index (χ2n) is 6.28. The number of allylic oxidation sites excluding steroid dienone is 3. The van der Waals surface area contributed by atoms with Gasteiger partial charge in [0.05, 0.1) is 17.9 Å². The summed E-state index contributed by atoms with van der Waals surface area (Å²) in [6.07, 6.45) is 9.19. The van der Waals surface area contributed by atoms with E-state index in [-0.39, 0.29) is 17.2 Å². The van der Waals surface area contributed by atoms with Crippen LogP contribution in [0.5, 0.6) is 0 Å². The minimum atomic E-state index is -5.54. The molecule has 1 heterocycles. The molecule has 0 fully saturated rings. The van der Waals surface area contributed by atoms with Crippen LogP contribution in [0.2, 0.25) is 0 Å². The van der Waals surface area contributed by atoms with Gasteiger partial charge in [-0.05, 0) is 26.0 Å². The first-order chi connectivity index (χ1) is 13.0. The maximum absolute atomic E-state index is 12.7. The van der Waals surface area contributed by atoms with Gasteiger partial charge in [0.2, 0.25) is 0 Å². The lowest BCUT2D eigenvalue weighted by molar-refractivity contribution is -0.0429. The van der Waals surface area contributed by atoms with Gasteiger partial charge < -0.3 is 0 Å². The molecule has 1 atom stereocenters. The Morgan fingerprint density at radius 1 is 1.32 bits per heavy atom. The molecule has 152 valence electrons. The van der Waals surface area contributed by atoms with Gasteiger partial charge in [-0.25, -0.2) is 0 Å². The zero-order chi connectivity index (χ0) is 20.9. The van der Waals surface area contributed by atoms with Crippen molar-refractivity contribution in [1.82, 2.24) is 5.12 Å². The van der Waals surface area contributed by atoms with Gasteiger partial charge in [0.15, 0.2) is 0 Å². The molecule has 2 rings (SSSR count). The molecule has 28 heavy (non-hydrogen) atoms. The lowest BCUT2D eigenvalue weighted by Crippen LogP contribution is -2.30. The van der Waals surface area contributed by atoms with E-state index >= 15 is 0 Å². The van der Waals surface area contributed by atoms with Gasteiger partial charge >= 0.3 is 15.5 Å². The molecule has 0 spiro atoms. The standard InChI is InChI=1S/C18H21F3N4O2S/c1-13-8-9-17(24-28(26,27)18(19,20)21)16(11-13)15(3)23-25-10-6-4-5-7-14(2)12-22-25/h4-9,11-12,14,24H,10H2,1-3H3/b6-4-,7-5-,22-12-,23-15+. The van der Waals surface area contributed by atoms with Crippen LogP contribution in [0.1, 0.15) is 25.0 Å². The van der Waals surface area contributed by atoms with Crippen LogP contribution in [0.25, 0.3) is 0 Å². The molecule has 0 amide bonds. The Morgan fingerprint density at radius 3 is 2.71 bits per heavy atom. The predicted octanol–water partition coefficient (Wildman–Crippen LogP) is 4.03. The Labute approximate surface area is 162 Å². The first-order valence-corrected chi connectivity index (χ1v) is 9.88. The third kappa shape index (κ3) is 5.69. The van der Waals surface area contributed by atoms with Crippen LogP contribution in [0.4, 0.5) is 18.9 Å². The summed E-state index contributed by atoms with van der Waals surface area (Å²) in [5.74, 6) is 0.0777. The van der Waals surface area contributed by atoms with Gasteiger partial charge in [0, 0.05) is 17.7 Å². The van der Waals surface area contributed by atoms with Crippen LogP contribution in [0.15, 0.2) is 52.7 Å². The Bertz CT molecular complexity index is 935. The number of alkyl halides is 3. The zero-order valence-corrected chi connectivity index (χ0v) is 16.4. The van der Waals surface area contributed by atoms with Crippen molar-refractivity contribution in [3.8, 4) is 0 Å². The van der Waals surface area contributed by atoms with Crippen LogP contribution in [0.3, 0.4) is 0 Å². The summed E-state index contributed by atoms with van der Waals surface area (Å²) in [5, 5.41) is 9.98. The summed E-state index contributed by atoms with van der Waals surface area (Å²) in [5.41, 5.74) is -4.33. The fraction of sp³-hybridized carbons (Fsp3) is 0.333. The average Bonchev–Trinajstić information content (AvgIpc) is 2.68. The molecule has 6 nitrogen and oxygen atoms in total. The fourth-order valence-electron chi connectivity index (χ4n) is 2.29. The highest BCUT2D eigenvalue weighted by atomic mass is 32.2. The number of halogens is 3. The van der Waals surface area contributed by atoms with Crippen LogP contribution >= 0.6 is 0 Å². The average molecular weight is 414 g/mol. The van der Waals surface area contributed by atoms with E-state index in [0.717, 1.165) is 5.56 Å². The minimum Gasteiger partial charge on any atom is -0.275 e. The summed E-state index contributed by atoms with van der Waals surface area (Å²) < 4.78 is 62.8. The molecule has 1 N–H and O–H groups in total. The fourth-order valence-corrected chi connectivity index (χ4v) is 2.88. The van der Waals surface area contributed by atoms with Gasteiger partial charge in [-0.15, -0.1) is 0 Å². The molecule has 1 aromatic rings. The molecule has 0 saturated carbocycles. The predicted molar refractivity (Wildman–Crippen MR) is 105 cm³/mol. The number of hydrazone groups is 2. The first-order valence-electron chi connectivity index (χ1n) is 8.40. The summed E-state index contributed by atoms with van der Waals surface area (Å²) >= 11 is 0. The highest BCUT2D eigenvalue weighted by Gasteiger charge is 2.46. The lowest BCUT2D eigenvalue weighted by atomic mass is 10.1. The number of hydrogen-bond donors (Lipinski definition) is 1. The van der Waals surface area contributed by atoms with E-state index in [1.807, 2.05) is 31.2 Å². The molecule has 1 unspecified atom stereocenters. The molecular weight excluding hydrogens is 393 g/mol. The molecule has 0 bridgehead atoms. The van der Waals surface area contributed by atoms with E-state index in [0.29, 0.717) is 12.3 Å². The van der Waals surface area contributed by atoms with Crippen LogP contribution < -0.4 is 4.72 Å². The Hall–Kier alpha value is -2.62. The topological polar surface area (TPSA) is 74.1 Å². The second-order valence-corrected chi connectivity index (χ2v) is 7.95. The van der Waals surface area contributed by atoms with Crippen molar-refractivity contribution >= 4 is 27.6 Å². The number of nitrogens with one attached hydrogen (secondary N) is 1. The quantitative estimate of drug-likeness (QED) is 0.756. The number of rotatable bonds is 4. The maximum Gasteiger partial charge on any atom is 0.516 e. The number of benzene rings is 1. The third-order valence-corrected chi connectivity index (χ3v) is 4.84. The van der Waals surface area contributed by atoms with Gasteiger partial charge in [0.1, 0.15) is 0 Å². The minimum absolute atomic E-state index is 0.0777. The summed E-state index contributed by atoms with van der Waals surface area (Å²) in [6, 6.07) is 4.35. The molecule has 0 radical (unpaired) electrons. The Balaban J connectivity index is 2.40. The van der Waals surface area contributed by atoms with E-state index in [1.165, 1.54) is 17.3 Å². The smallest absolute Gasteiger partial charge is 0.275 e. The number of aryl methyl sites for hydroxylation is 1. The summed E-state index contributed by atoms with van der Waals surface area (Å²) in [7, 11) is -5.54. The number of hydrogen-bond acceptors (Lipinski definition) is 5. The van der Waals surface area contributed by atoms with Gasteiger partial charge in [-0.3, -0.25) is 4.72 Å². The van der Waals surface area contributed by atoms with Crippen molar-refractivity contribution in [2.75, 3.05) is 11.3 Å². The molecule has 1 aliphatic heterocycles. The molecule has 10 heteroatoms. The molecular formula is C18H21F3N4O2S. The normalized spacial score (nSPS) is 22.0. The molecule has 1 aliphatic rings. The van der Waals surface area contributed by atoms with Crippen molar-refractivity contribution in [2.45, 2.75) is 26.3 Å². The number of nitrogens with zero attached hydrogens (tertiary/aromatic N) is 3. The third-order valence-electron chi connectivity index (χ3n) is 3.74. The monoisotopic (exact) mass is 414 g/mol. The van der Waals surface area contributed by atoms with Crippen molar-refractivity contribution in [1.29, 1.82) is 0 Å². The summed E-state index contributed by atoms with van der Waals surface area (Å²) in [6.45, 7) is 5.61. The maximum atomic E-state index is 12.7. The van der Waals surface area contributed by atoms with Crippen molar-refractivity contribution in [3.05, 3.63) is 53.6 Å². The molecule has 0 aromatic heterocycles. The van der Waals surface area contributed by atoms with E-state index in [9.17, 15) is 21.6 Å². The van der Waals surface area contributed by atoms with Crippen LogP contribution in [0, 0.1) is 12.8 Å². The lowest BCUT2D eigenvalue weighted by Gasteiger charge is -2.17. The van der Waals surface area contributed by atoms with E-state index in [4.69, 9.17) is 0 Å². The van der Waals surface area contributed by atoms with Gasteiger partial charge in [-0.2, -0.15) is 36.9 Å². The Morgan fingerprint density at radius 2 is 2.04 bits per heavy atom. The van der Waals surface area contributed by atoms with Crippen molar-refractivity contribution in [2.24, 2.45) is 16.1 Å². The zero-order valence-electron chi connectivity index (χ0n) is 15.6. The molecule has 0 aliphatic carbocycles. The number of sulfonamides is 1. The van der Waals surface area contributed by atoms with Gasteiger partial charge in [-0.1, -0.05) is 42.9 Å². The van der Waals surface area contributed by atoms with E-state index in [1.54, 1.807) is 30.9 Å². The highest BCUT2D eigenvalue weighted by molar-refractivity contribution is 7.93. The SMILES string of the molecule is C/C(=N\N1C/C=C\C=C/C(C)/C=N\1)c1cc(C)ccc1NS(=O)(=O)C(F)(F)F. The largest absolute Gasteiger partial charge is 0.516 e. The molecule has 1 aromatic carbocycles. The number of anilines is 1. The van der Waals surface area contributed by atoms with Crippen LogP contribution in [-0.4, -0.2) is 37.5 Å². The van der Waals surface area contributed by atoms with E-state index in [2.05, 4.69) is 10.2 Å².